The monoisotopic (exact) mass is 282 g/mol. The summed E-state index contributed by atoms with van der Waals surface area (Å²) in [6.45, 7) is 6.67. The van der Waals surface area contributed by atoms with Gasteiger partial charge >= 0.3 is 0 Å². The third-order valence-electron chi connectivity index (χ3n) is 3.53. The normalized spacial score (nSPS) is 24.3. The van der Waals surface area contributed by atoms with Crippen molar-refractivity contribution >= 4 is 21.6 Å². The van der Waals surface area contributed by atoms with Gasteiger partial charge in [-0.3, -0.25) is 0 Å². The molecule has 16 heavy (non-hydrogen) atoms. The number of hydrogen-bond donors (Lipinski definition) is 1. The zero-order valence-corrected chi connectivity index (χ0v) is 11.7. The molecule has 1 aromatic rings. The second-order valence-electron chi connectivity index (χ2n) is 5.08. The first-order chi connectivity index (χ1) is 7.56. The van der Waals surface area contributed by atoms with E-state index in [4.69, 9.17) is 0 Å². The minimum Gasteiger partial charge on any atom is -0.381 e. The first kappa shape index (κ1) is 11.9. The molecule has 2 rings (SSSR count). The number of aromatic nitrogens is 1. The Morgan fingerprint density at radius 2 is 2.06 bits per heavy atom. The number of halogens is 1. The highest BCUT2D eigenvalue weighted by Crippen LogP contribution is 2.35. The van der Waals surface area contributed by atoms with Crippen molar-refractivity contribution in [2.24, 2.45) is 11.8 Å². The predicted octanol–water partition coefficient (Wildman–Crippen LogP) is 4.00. The fraction of sp³-hybridized carbons (Fsp3) is 0.615. The van der Waals surface area contributed by atoms with Crippen LogP contribution in [0.5, 0.6) is 0 Å². The van der Waals surface area contributed by atoms with Crippen molar-refractivity contribution in [3.8, 4) is 0 Å². The van der Waals surface area contributed by atoms with Crippen LogP contribution in [0.4, 0.5) is 5.69 Å². The average Bonchev–Trinajstić information content (AvgIpc) is 2.12. The van der Waals surface area contributed by atoms with Gasteiger partial charge in [-0.15, -0.1) is 0 Å². The third-order valence-corrected chi connectivity index (χ3v) is 3.97. The molecule has 0 aromatic carbocycles. The van der Waals surface area contributed by atoms with Crippen LogP contribution < -0.4 is 5.32 Å². The lowest BCUT2D eigenvalue weighted by Crippen LogP contribution is -2.38. The summed E-state index contributed by atoms with van der Waals surface area (Å²) in [5.74, 6) is 1.73. The first-order valence-electron chi connectivity index (χ1n) is 5.96. The molecule has 1 aromatic heterocycles. The van der Waals surface area contributed by atoms with E-state index in [1.807, 2.05) is 13.0 Å². The molecule has 1 aliphatic rings. The number of anilines is 1. The van der Waals surface area contributed by atoms with Crippen molar-refractivity contribution < 1.29 is 0 Å². The van der Waals surface area contributed by atoms with Crippen LogP contribution in [-0.4, -0.2) is 11.0 Å². The average molecular weight is 283 g/mol. The number of rotatable bonds is 3. The van der Waals surface area contributed by atoms with Gasteiger partial charge in [0, 0.05) is 6.04 Å². The van der Waals surface area contributed by atoms with Gasteiger partial charge in [0.25, 0.3) is 0 Å². The number of aryl methyl sites for hydroxylation is 1. The van der Waals surface area contributed by atoms with Crippen molar-refractivity contribution in [1.82, 2.24) is 4.98 Å². The maximum Gasteiger partial charge on any atom is 0.106 e. The molecule has 1 saturated carbocycles. The van der Waals surface area contributed by atoms with E-state index in [1.54, 1.807) is 0 Å². The van der Waals surface area contributed by atoms with E-state index >= 15 is 0 Å². The van der Waals surface area contributed by atoms with Gasteiger partial charge in [0.1, 0.15) is 4.60 Å². The molecule has 0 atom stereocenters. The number of hydrogen-bond acceptors (Lipinski definition) is 2. The minimum absolute atomic E-state index is 0.647. The van der Waals surface area contributed by atoms with Crippen LogP contribution in [0.25, 0.3) is 0 Å². The zero-order chi connectivity index (χ0) is 11.7. The van der Waals surface area contributed by atoms with E-state index in [-0.39, 0.29) is 0 Å². The molecule has 0 amide bonds. The van der Waals surface area contributed by atoms with Crippen molar-refractivity contribution in [1.29, 1.82) is 0 Å². The molecule has 0 saturated heterocycles. The van der Waals surface area contributed by atoms with Gasteiger partial charge in [0.15, 0.2) is 0 Å². The highest BCUT2D eigenvalue weighted by molar-refractivity contribution is 9.10. The van der Waals surface area contributed by atoms with Crippen LogP contribution in [0, 0.1) is 18.8 Å². The summed E-state index contributed by atoms with van der Waals surface area (Å²) >= 11 is 3.38. The smallest absolute Gasteiger partial charge is 0.106 e. The van der Waals surface area contributed by atoms with Gasteiger partial charge in [-0.25, -0.2) is 4.98 Å². The second kappa shape index (κ2) is 4.74. The van der Waals surface area contributed by atoms with Crippen LogP contribution in [-0.2, 0) is 0 Å². The quantitative estimate of drug-likeness (QED) is 0.848. The van der Waals surface area contributed by atoms with E-state index in [2.05, 4.69) is 46.1 Å². The largest absolute Gasteiger partial charge is 0.381 e. The lowest BCUT2D eigenvalue weighted by Gasteiger charge is -2.39. The predicted molar refractivity (Wildman–Crippen MR) is 71.6 cm³/mol. The lowest BCUT2D eigenvalue weighted by atomic mass is 9.73. The summed E-state index contributed by atoms with van der Waals surface area (Å²) < 4.78 is 0.907. The molecule has 1 aliphatic carbocycles. The third kappa shape index (κ3) is 2.57. The molecular weight excluding hydrogens is 264 g/mol. The molecule has 88 valence electrons. The van der Waals surface area contributed by atoms with E-state index in [1.165, 1.54) is 18.5 Å². The van der Waals surface area contributed by atoms with Crippen molar-refractivity contribution in [3.63, 3.8) is 0 Å². The van der Waals surface area contributed by atoms with E-state index in [9.17, 15) is 0 Å². The summed E-state index contributed by atoms with van der Waals surface area (Å²) in [4.78, 5) is 4.39. The number of pyridine rings is 1. The number of nitrogens with one attached hydrogen (secondary N) is 1. The van der Waals surface area contributed by atoms with Gasteiger partial charge in [-0.2, -0.15) is 0 Å². The van der Waals surface area contributed by atoms with Crippen LogP contribution in [0.15, 0.2) is 16.7 Å². The summed E-state index contributed by atoms with van der Waals surface area (Å²) in [6.07, 6.45) is 2.60. The maximum atomic E-state index is 4.39. The van der Waals surface area contributed by atoms with Gasteiger partial charge in [-0.05, 0) is 59.7 Å². The van der Waals surface area contributed by atoms with Gasteiger partial charge in [-0.1, -0.05) is 13.8 Å². The van der Waals surface area contributed by atoms with Crippen molar-refractivity contribution in [2.45, 2.75) is 39.7 Å². The Labute approximate surface area is 106 Å². The summed E-state index contributed by atoms with van der Waals surface area (Å²) in [5.41, 5.74) is 2.25. The van der Waals surface area contributed by atoms with Gasteiger partial charge in [0.2, 0.25) is 0 Å². The Kier molecular flexibility index (Phi) is 3.53. The van der Waals surface area contributed by atoms with Crippen LogP contribution in [0.1, 0.15) is 32.4 Å². The molecule has 0 aliphatic heterocycles. The first-order valence-corrected chi connectivity index (χ1v) is 6.75. The molecule has 0 bridgehead atoms. The molecule has 1 N–H and O–H groups in total. The zero-order valence-electron chi connectivity index (χ0n) is 10.1. The van der Waals surface area contributed by atoms with Gasteiger partial charge < -0.3 is 5.32 Å². The fourth-order valence-corrected chi connectivity index (χ4v) is 2.63. The fourth-order valence-electron chi connectivity index (χ4n) is 2.23. The molecule has 0 radical (unpaired) electrons. The SMILES string of the molecule is Cc1nc(Br)ccc1NC1CC(C(C)C)C1. The lowest BCUT2D eigenvalue weighted by molar-refractivity contribution is 0.211. The molecule has 3 heteroatoms. The molecule has 1 fully saturated rings. The Balaban J connectivity index is 1.91. The van der Waals surface area contributed by atoms with E-state index in [0.29, 0.717) is 6.04 Å². The van der Waals surface area contributed by atoms with Crippen LogP contribution >= 0.6 is 15.9 Å². The topological polar surface area (TPSA) is 24.9 Å². The molecule has 1 heterocycles. The summed E-state index contributed by atoms with van der Waals surface area (Å²) in [5, 5.41) is 3.58. The van der Waals surface area contributed by atoms with Crippen LogP contribution in [0.3, 0.4) is 0 Å². The van der Waals surface area contributed by atoms with Crippen molar-refractivity contribution in [3.05, 3.63) is 22.4 Å². The molecule has 0 unspecified atom stereocenters. The van der Waals surface area contributed by atoms with Crippen LogP contribution in [0.2, 0.25) is 0 Å². The Bertz CT molecular complexity index is 370. The highest BCUT2D eigenvalue weighted by atomic mass is 79.9. The Morgan fingerprint density at radius 1 is 1.38 bits per heavy atom. The maximum absolute atomic E-state index is 4.39. The Hall–Kier alpha value is -0.570. The molecular formula is C13H19BrN2. The van der Waals surface area contributed by atoms with E-state index in [0.717, 1.165) is 22.1 Å². The summed E-state index contributed by atoms with van der Waals surface area (Å²) in [7, 11) is 0. The second-order valence-corrected chi connectivity index (χ2v) is 5.90. The van der Waals surface area contributed by atoms with Gasteiger partial charge in [0.05, 0.1) is 11.4 Å². The highest BCUT2D eigenvalue weighted by Gasteiger charge is 2.31. The standard InChI is InChI=1S/C13H19BrN2/c1-8(2)10-6-11(7-10)16-12-4-5-13(14)15-9(12)3/h4-5,8,10-11,16H,6-7H2,1-3H3. The molecule has 0 spiro atoms. The number of nitrogens with zero attached hydrogens (tertiary/aromatic N) is 1. The summed E-state index contributed by atoms with van der Waals surface area (Å²) in [6, 6.07) is 4.75. The minimum atomic E-state index is 0.647. The van der Waals surface area contributed by atoms with Crippen molar-refractivity contribution in [2.75, 3.05) is 5.32 Å². The van der Waals surface area contributed by atoms with E-state index < -0.39 is 0 Å². The molecule has 2 nitrogen and oxygen atoms in total. The Morgan fingerprint density at radius 3 is 2.62 bits per heavy atom.